The molecule has 0 aromatic carbocycles. The van der Waals surface area contributed by atoms with E-state index in [1.165, 1.54) is 0 Å². The molecule has 0 aromatic rings. The Hall–Kier alpha value is -1.46. The molecule has 0 aliphatic heterocycles. The summed E-state index contributed by atoms with van der Waals surface area (Å²) < 4.78 is 15.6. The first-order valence-electron chi connectivity index (χ1n) is 2.98. The second kappa shape index (κ2) is 5.22. The van der Waals surface area contributed by atoms with Crippen LogP contribution in [0.5, 0.6) is 0 Å². The Bertz CT molecular complexity index is 214. The van der Waals surface area contributed by atoms with Crippen LogP contribution in [0.15, 0.2) is 5.16 Å². The zero-order valence-corrected chi connectivity index (χ0v) is 6.67. The number of alkyl halides is 1. The number of halogens is 1. The van der Waals surface area contributed by atoms with Gasteiger partial charge in [0.25, 0.3) is 6.86 Å². The van der Waals surface area contributed by atoms with Gasteiger partial charge in [0.15, 0.2) is 5.78 Å². The lowest BCUT2D eigenvalue weighted by molar-refractivity contribution is -0.133. The van der Waals surface area contributed by atoms with Crippen molar-refractivity contribution in [1.82, 2.24) is 0 Å². The van der Waals surface area contributed by atoms with Crippen LogP contribution in [0.2, 0.25) is 0 Å². The van der Waals surface area contributed by atoms with Gasteiger partial charge in [-0.2, -0.15) is 0 Å². The van der Waals surface area contributed by atoms with Crippen LogP contribution < -0.4 is 0 Å². The van der Waals surface area contributed by atoms with Gasteiger partial charge in [0, 0.05) is 6.92 Å². The number of oxime groups is 1. The van der Waals surface area contributed by atoms with Crippen LogP contribution in [0, 0.1) is 0 Å². The molecule has 0 saturated carbocycles. The lowest BCUT2D eigenvalue weighted by Crippen LogP contribution is -2.23. The monoisotopic (exact) mass is 177 g/mol. The van der Waals surface area contributed by atoms with Crippen molar-refractivity contribution in [3.05, 3.63) is 0 Å². The molecule has 0 atom stereocenters. The molecule has 0 unspecified atom stereocenters. The van der Waals surface area contributed by atoms with Crippen molar-refractivity contribution < 1.29 is 23.6 Å². The number of nitrogens with zero attached hydrogens (tertiary/aromatic N) is 1. The smallest absolute Gasteiger partial charge is 0.363 e. The highest BCUT2D eigenvalue weighted by Gasteiger charge is 2.17. The molecule has 6 heteroatoms. The predicted octanol–water partition coefficient (Wildman–Crippen LogP) is 0.0480. The summed E-state index contributed by atoms with van der Waals surface area (Å²) in [6, 6.07) is 0. The SMILES string of the molecule is COC(=O)/C(=N/OCF)C(C)=O. The zero-order valence-electron chi connectivity index (χ0n) is 6.67. The molecule has 5 nitrogen and oxygen atoms in total. The summed E-state index contributed by atoms with van der Waals surface area (Å²) in [6.07, 6.45) is 0. The zero-order chi connectivity index (χ0) is 9.56. The van der Waals surface area contributed by atoms with E-state index < -0.39 is 24.3 Å². The van der Waals surface area contributed by atoms with E-state index in [1.54, 1.807) is 0 Å². The summed E-state index contributed by atoms with van der Waals surface area (Å²) in [5, 5.41) is 2.93. The van der Waals surface area contributed by atoms with E-state index in [9.17, 15) is 14.0 Å². The standard InChI is InChI=1S/C6H8FNO4/c1-4(9)5(6(10)11-2)8-12-3-7/h3H2,1-2H3/b8-5+. The van der Waals surface area contributed by atoms with Gasteiger partial charge in [-0.1, -0.05) is 5.16 Å². The lowest BCUT2D eigenvalue weighted by Gasteiger charge is -1.98. The molecule has 68 valence electrons. The number of methoxy groups -OCH3 is 1. The van der Waals surface area contributed by atoms with Gasteiger partial charge in [-0.05, 0) is 0 Å². The van der Waals surface area contributed by atoms with Crippen molar-refractivity contribution in [2.24, 2.45) is 5.16 Å². The maximum absolute atomic E-state index is 11.4. The minimum atomic E-state index is -1.20. The Balaban J connectivity index is 4.43. The molecule has 0 spiro atoms. The summed E-state index contributed by atoms with van der Waals surface area (Å²) in [7, 11) is 1.08. The molecule has 0 bridgehead atoms. The molecule has 0 aliphatic carbocycles. The van der Waals surface area contributed by atoms with Gasteiger partial charge in [0.2, 0.25) is 5.71 Å². The van der Waals surface area contributed by atoms with Crippen LogP contribution in [-0.4, -0.2) is 31.4 Å². The number of hydrogen-bond donors (Lipinski definition) is 0. The van der Waals surface area contributed by atoms with Crippen molar-refractivity contribution in [1.29, 1.82) is 0 Å². The van der Waals surface area contributed by atoms with Crippen LogP contribution in [0.3, 0.4) is 0 Å². The second-order valence-electron chi connectivity index (χ2n) is 1.73. The first-order chi connectivity index (χ1) is 5.63. The Labute approximate surface area is 68.1 Å². The minimum Gasteiger partial charge on any atom is -0.464 e. The van der Waals surface area contributed by atoms with E-state index in [1.807, 2.05) is 0 Å². The number of ketones is 1. The molecule has 0 heterocycles. The fourth-order valence-electron chi connectivity index (χ4n) is 0.431. The fourth-order valence-corrected chi connectivity index (χ4v) is 0.431. The van der Waals surface area contributed by atoms with Gasteiger partial charge in [-0.25, -0.2) is 9.18 Å². The highest BCUT2D eigenvalue weighted by Crippen LogP contribution is 1.88. The molecule has 0 N–H and O–H groups in total. The molecule has 0 fully saturated rings. The summed E-state index contributed by atoms with van der Waals surface area (Å²) in [5.41, 5.74) is -0.560. The van der Waals surface area contributed by atoms with Gasteiger partial charge >= 0.3 is 5.97 Å². The Morgan fingerprint density at radius 1 is 1.50 bits per heavy atom. The van der Waals surface area contributed by atoms with Crippen LogP contribution >= 0.6 is 0 Å². The van der Waals surface area contributed by atoms with E-state index in [0.29, 0.717) is 0 Å². The van der Waals surface area contributed by atoms with Gasteiger partial charge < -0.3 is 9.57 Å². The van der Waals surface area contributed by atoms with Crippen molar-refractivity contribution in [2.45, 2.75) is 6.92 Å². The van der Waals surface area contributed by atoms with Gasteiger partial charge in [0.1, 0.15) is 0 Å². The molecule has 0 radical (unpaired) electrons. The first-order valence-corrected chi connectivity index (χ1v) is 2.98. The van der Waals surface area contributed by atoms with Gasteiger partial charge in [-0.15, -0.1) is 0 Å². The third-order valence-corrected chi connectivity index (χ3v) is 0.917. The largest absolute Gasteiger partial charge is 0.464 e. The van der Waals surface area contributed by atoms with Crippen molar-refractivity contribution in [3.63, 3.8) is 0 Å². The molecule has 12 heavy (non-hydrogen) atoms. The van der Waals surface area contributed by atoms with E-state index in [2.05, 4.69) is 14.7 Å². The van der Waals surface area contributed by atoms with Crippen LogP contribution in [0.1, 0.15) is 6.92 Å². The van der Waals surface area contributed by atoms with Crippen molar-refractivity contribution in [3.8, 4) is 0 Å². The molecule has 0 aliphatic rings. The number of carbonyl (C=O) groups is 2. The molecule has 0 rings (SSSR count). The number of carbonyl (C=O) groups excluding carboxylic acids is 2. The lowest BCUT2D eigenvalue weighted by atomic mass is 10.3. The van der Waals surface area contributed by atoms with E-state index in [4.69, 9.17) is 0 Å². The number of rotatable bonds is 4. The van der Waals surface area contributed by atoms with Crippen LogP contribution in [0.4, 0.5) is 4.39 Å². The fraction of sp³-hybridized carbons (Fsp3) is 0.500. The molecule has 0 amide bonds. The van der Waals surface area contributed by atoms with Crippen LogP contribution in [0.25, 0.3) is 0 Å². The molecular formula is C6H8FNO4. The van der Waals surface area contributed by atoms with Crippen molar-refractivity contribution in [2.75, 3.05) is 14.0 Å². The molecular weight excluding hydrogens is 169 g/mol. The van der Waals surface area contributed by atoms with Crippen molar-refractivity contribution >= 4 is 17.5 Å². The third-order valence-electron chi connectivity index (χ3n) is 0.917. The number of esters is 1. The summed E-state index contributed by atoms with van der Waals surface area (Å²) in [6.45, 7) is -0.106. The average Bonchev–Trinajstić information content (AvgIpc) is 2.04. The minimum absolute atomic E-state index is 0.560. The maximum atomic E-state index is 11.4. The highest BCUT2D eigenvalue weighted by molar-refractivity contribution is 6.63. The predicted molar refractivity (Wildman–Crippen MR) is 37.2 cm³/mol. The molecule has 0 aromatic heterocycles. The van der Waals surface area contributed by atoms with Crippen LogP contribution in [-0.2, 0) is 19.2 Å². The van der Waals surface area contributed by atoms with Gasteiger partial charge in [0.05, 0.1) is 7.11 Å². The summed E-state index contributed by atoms with van der Waals surface area (Å²) in [5.74, 6) is -1.59. The Kier molecular flexibility index (Phi) is 4.59. The maximum Gasteiger partial charge on any atom is 0.363 e. The Morgan fingerprint density at radius 3 is 2.42 bits per heavy atom. The average molecular weight is 177 g/mol. The number of hydrogen-bond acceptors (Lipinski definition) is 5. The second-order valence-corrected chi connectivity index (χ2v) is 1.73. The highest BCUT2D eigenvalue weighted by atomic mass is 19.1. The number of ether oxygens (including phenoxy) is 1. The summed E-state index contributed by atoms with van der Waals surface area (Å²) in [4.78, 5) is 25.2. The van der Waals surface area contributed by atoms with E-state index in [0.717, 1.165) is 14.0 Å². The Morgan fingerprint density at radius 2 is 2.08 bits per heavy atom. The normalized spacial score (nSPS) is 10.8. The quantitative estimate of drug-likeness (QED) is 0.263. The number of Topliss-reactive ketones (excluding diaryl/α,β-unsaturated/α-hetero) is 1. The summed E-state index contributed by atoms with van der Waals surface area (Å²) >= 11 is 0. The third kappa shape index (κ3) is 3.09. The van der Waals surface area contributed by atoms with Gasteiger partial charge in [-0.3, -0.25) is 4.79 Å². The topological polar surface area (TPSA) is 65.0 Å². The first kappa shape index (κ1) is 10.5. The van der Waals surface area contributed by atoms with E-state index >= 15 is 0 Å². The molecule has 0 saturated heterocycles. The van der Waals surface area contributed by atoms with E-state index in [-0.39, 0.29) is 0 Å².